The lowest BCUT2D eigenvalue weighted by Crippen LogP contribution is -2.30. The van der Waals surface area contributed by atoms with Crippen molar-refractivity contribution in [3.05, 3.63) is 42.2 Å². The van der Waals surface area contributed by atoms with Crippen molar-refractivity contribution in [2.45, 2.75) is 20.8 Å². The zero-order chi connectivity index (χ0) is 10.9. The zero-order valence-electron chi connectivity index (χ0n) is 8.42. The van der Waals surface area contributed by atoms with Crippen molar-refractivity contribution in [3.63, 3.8) is 0 Å². The van der Waals surface area contributed by atoms with Gasteiger partial charge in [0.15, 0.2) is 0 Å². The molecule has 1 aromatic rings. The summed E-state index contributed by atoms with van der Waals surface area (Å²) in [7, 11) is 0. The first-order valence-corrected chi connectivity index (χ1v) is 4.45. The van der Waals surface area contributed by atoms with Gasteiger partial charge in [-0.05, 0) is 24.1 Å². The van der Waals surface area contributed by atoms with Crippen molar-refractivity contribution in [1.29, 1.82) is 0 Å². The van der Waals surface area contributed by atoms with Gasteiger partial charge in [-0.25, -0.2) is 0 Å². The Hall–Kier alpha value is -1.02. The molecule has 1 N–H and O–H groups in total. The molecule has 1 heterocycles. The standard InChI is InChI=1S/C6H7ClNO.C2H6.C2H4/c1-5-2-3-8(9)6(7)4-5;2*1-2/h2-4,9H,1H3;1-2H3;1-2H2/q+1;;. The number of hydrogen-bond acceptors (Lipinski definition) is 1. The van der Waals surface area contributed by atoms with Crippen molar-refractivity contribution in [2.75, 3.05) is 0 Å². The third kappa shape index (κ3) is 6.17. The van der Waals surface area contributed by atoms with Gasteiger partial charge >= 0.3 is 5.15 Å². The van der Waals surface area contributed by atoms with E-state index < -0.39 is 0 Å². The van der Waals surface area contributed by atoms with E-state index in [4.69, 9.17) is 16.8 Å². The van der Waals surface area contributed by atoms with Crippen LogP contribution >= 0.6 is 11.6 Å². The van der Waals surface area contributed by atoms with Crippen LogP contribution in [0, 0.1) is 6.92 Å². The molecule has 0 fully saturated rings. The highest BCUT2D eigenvalue weighted by atomic mass is 35.5. The molecule has 1 rings (SSSR count). The van der Waals surface area contributed by atoms with Crippen molar-refractivity contribution in [3.8, 4) is 0 Å². The van der Waals surface area contributed by atoms with Crippen LogP contribution in [0.4, 0.5) is 0 Å². The van der Waals surface area contributed by atoms with Crippen LogP contribution in [0.5, 0.6) is 0 Å². The summed E-state index contributed by atoms with van der Waals surface area (Å²) in [5, 5.41) is 9.16. The average Bonchev–Trinajstić information content (AvgIpc) is 2.18. The SMILES string of the molecule is C=C.CC.Cc1cc[n+](O)c(Cl)c1. The second-order valence-electron chi connectivity index (χ2n) is 1.87. The van der Waals surface area contributed by atoms with Crippen molar-refractivity contribution in [2.24, 2.45) is 0 Å². The molecule has 3 heteroatoms. The number of hydrogen-bond donors (Lipinski definition) is 1. The molecule has 0 amide bonds. The van der Waals surface area contributed by atoms with Crippen LogP contribution in [0.3, 0.4) is 0 Å². The highest BCUT2D eigenvalue weighted by Crippen LogP contribution is 2.01. The lowest BCUT2D eigenvalue weighted by Gasteiger charge is -1.87. The topological polar surface area (TPSA) is 24.1 Å². The smallest absolute Gasteiger partial charge is 0.284 e. The summed E-state index contributed by atoms with van der Waals surface area (Å²) in [6, 6.07) is 3.45. The van der Waals surface area contributed by atoms with Crippen LogP contribution in [0.15, 0.2) is 31.5 Å². The van der Waals surface area contributed by atoms with Crippen LogP contribution in [-0.4, -0.2) is 5.21 Å². The Labute approximate surface area is 85.1 Å². The zero-order valence-corrected chi connectivity index (χ0v) is 9.17. The summed E-state index contributed by atoms with van der Waals surface area (Å²) >= 11 is 5.53. The Morgan fingerprint density at radius 1 is 1.38 bits per heavy atom. The highest BCUT2D eigenvalue weighted by Gasteiger charge is 2.03. The summed E-state index contributed by atoms with van der Waals surface area (Å²) in [5.74, 6) is 0. The molecule has 0 spiro atoms. The van der Waals surface area contributed by atoms with E-state index in [9.17, 15) is 0 Å². The second kappa shape index (κ2) is 9.07. The van der Waals surface area contributed by atoms with Gasteiger partial charge in [0.1, 0.15) is 0 Å². The van der Waals surface area contributed by atoms with E-state index in [0.717, 1.165) is 10.3 Å². The van der Waals surface area contributed by atoms with E-state index in [1.54, 1.807) is 12.1 Å². The Morgan fingerprint density at radius 3 is 2.15 bits per heavy atom. The summed E-state index contributed by atoms with van der Waals surface area (Å²) in [6.07, 6.45) is 1.50. The van der Waals surface area contributed by atoms with E-state index in [2.05, 4.69) is 13.2 Å². The predicted octanol–water partition coefficient (Wildman–Crippen LogP) is 3.00. The van der Waals surface area contributed by atoms with E-state index in [-0.39, 0.29) is 0 Å². The number of rotatable bonds is 0. The lowest BCUT2D eigenvalue weighted by atomic mass is 10.3. The molecule has 13 heavy (non-hydrogen) atoms. The molecular weight excluding hydrogens is 186 g/mol. The van der Waals surface area contributed by atoms with Gasteiger partial charge in [0, 0.05) is 16.9 Å². The van der Waals surface area contributed by atoms with Gasteiger partial charge < -0.3 is 0 Å². The number of aromatic nitrogens is 1. The summed E-state index contributed by atoms with van der Waals surface area (Å²) in [6.45, 7) is 11.9. The number of nitrogens with zero attached hydrogens (tertiary/aromatic N) is 1. The van der Waals surface area contributed by atoms with E-state index in [1.807, 2.05) is 20.8 Å². The summed E-state index contributed by atoms with van der Waals surface area (Å²) in [5.41, 5.74) is 1.03. The number of pyridine rings is 1. The molecule has 0 aliphatic heterocycles. The van der Waals surface area contributed by atoms with Crippen LogP contribution in [0.1, 0.15) is 19.4 Å². The lowest BCUT2D eigenvalue weighted by molar-refractivity contribution is -0.903. The first-order valence-electron chi connectivity index (χ1n) is 4.07. The molecular formula is C10H17ClNO+. The predicted molar refractivity (Wildman–Crippen MR) is 56.2 cm³/mol. The molecule has 0 saturated heterocycles. The normalized spacial score (nSPS) is 7.38. The molecule has 1 aromatic heterocycles. The van der Waals surface area contributed by atoms with E-state index in [0.29, 0.717) is 5.15 Å². The Morgan fingerprint density at radius 2 is 1.85 bits per heavy atom. The maximum absolute atomic E-state index is 8.83. The molecule has 0 saturated carbocycles. The van der Waals surface area contributed by atoms with E-state index >= 15 is 0 Å². The van der Waals surface area contributed by atoms with Gasteiger partial charge in [0.05, 0.1) is 0 Å². The molecule has 0 atom stereocenters. The second-order valence-corrected chi connectivity index (χ2v) is 2.26. The molecule has 0 radical (unpaired) electrons. The van der Waals surface area contributed by atoms with Gasteiger partial charge in [-0.3, -0.25) is 5.21 Å². The third-order valence-electron chi connectivity index (χ3n) is 1.04. The Balaban J connectivity index is 0. The van der Waals surface area contributed by atoms with Crippen molar-refractivity contribution in [1.82, 2.24) is 0 Å². The van der Waals surface area contributed by atoms with Crippen molar-refractivity contribution < 1.29 is 9.94 Å². The molecule has 0 aliphatic rings. The number of halogens is 1. The molecule has 74 valence electrons. The minimum atomic E-state index is 0.329. The van der Waals surface area contributed by atoms with Gasteiger partial charge in [0.25, 0.3) is 0 Å². The van der Waals surface area contributed by atoms with Gasteiger partial charge in [-0.1, -0.05) is 13.8 Å². The minimum Gasteiger partial charge on any atom is -0.284 e. The fraction of sp³-hybridized carbons (Fsp3) is 0.300. The largest absolute Gasteiger partial charge is 0.325 e. The van der Waals surface area contributed by atoms with Crippen LogP contribution < -0.4 is 4.73 Å². The van der Waals surface area contributed by atoms with Gasteiger partial charge in [0.2, 0.25) is 6.20 Å². The molecule has 2 nitrogen and oxygen atoms in total. The van der Waals surface area contributed by atoms with E-state index in [1.165, 1.54) is 6.20 Å². The average molecular weight is 203 g/mol. The van der Waals surface area contributed by atoms with Crippen LogP contribution in [0.25, 0.3) is 0 Å². The molecule has 0 unspecified atom stereocenters. The fourth-order valence-electron chi connectivity index (χ4n) is 0.561. The number of aryl methyl sites for hydroxylation is 1. The van der Waals surface area contributed by atoms with Crippen LogP contribution in [0.2, 0.25) is 5.15 Å². The monoisotopic (exact) mass is 202 g/mol. The first-order chi connectivity index (χ1) is 6.20. The maximum Gasteiger partial charge on any atom is 0.325 e. The Bertz CT molecular complexity index is 238. The Kier molecular flexibility index (Phi) is 10.1. The first kappa shape index (κ1) is 14.5. The molecule has 0 aromatic carbocycles. The minimum absolute atomic E-state index is 0.329. The third-order valence-corrected chi connectivity index (χ3v) is 1.33. The molecule has 0 bridgehead atoms. The fourth-order valence-corrected chi connectivity index (χ4v) is 0.790. The summed E-state index contributed by atoms with van der Waals surface area (Å²) in [4.78, 5) is 0. The maximum atomic E-state index is 8.83. The van der Waals surface area contributed by atoms with Gasteiger partial charge in [-0.15, -0.1) is 13.2 Å². The summed E-state index contributed by atoms with van der Waals surface area (Å²) < 4.78 is 0.870. The highest BCUT2D eigenvalue weighted by molar-refractivity contribution is 6.28. The van der Waals surface area contributed by atoms with Gasteiger partial charge in [-0.2, -0.15) is 0 Å². The van der Waals surface area contributed by atoms with Crippen LogP contribution in [-0.2, 0) is 0 Å². The van der Waals surface area contributed by atoms with Crippen molar-refractivity contribution >= 4 is 11.6 Å². The quantitative estimate of drug-likeness (QED) is 0.297. The molecule has 0 aliphatic carbocycles.